The number of nitrogens with two attached hydrogens (primary N) is 1. The smallest absolute Gasteiger partial charge is 0.370 e. The van der Waals surface area contributed by atoms with Crippen molar-refractivity contribution in [2.45, 2.75) is 32.5 Å². The molecule has 3 nitrogen and oxygen atoms in total. The first kappa shape index (κ1) is 15.8. The van der Waals surface area contributed by atoms with E-state index in [0.717, 1.165) is 6.07 Å². The number of halogens is 4. The number of alkyl halides is 3. The molecule has 0 saturated heterocycles. The summed E-state index contributed by atoms with van der Waals surface area (Å²) in [6.45, 7) is 5.40. The molecular weight excluding hydrogens is 323 g/mol. The Morgan fingerprint density at radius 2 is 1.84 bits per heavy atom. The van der Waals surface area contributed by atoms with Crippen LogP contribution >= 0.6 is 15.9 Å². The van der Waals surface area contributed by atoms with Crippen molar-refractivity contribution in [1.82, 2.24) is 0 Å². The van der Waals surface area contributed by atoms with E-state index >= 15 is 0 Å². The van der Waals surface area contributed by atoms with Crippen molar-refractivity contribution in [3.63, 3.8) is 0 Å². The predicted octanol–water partition coefficient (Wildman–Crippen LogP) is 3.99. The lowest BCUT2D eigenvalue weighted by atomic mass is 10.1. The average Bonchev–Trinajstić information content (AvgIpc) is 2.16. The van der Waals surface area contributed by atoms with Crippen molar-refractivity contribution >= 4 is 27.6 Å². The molecule has 1 aromatic rings. The maximum Gasteiger partial charge on any atom is 0.418 e. The molecule has 0 radical (unpaired) electrons. The van der Waals surface area contributed by atoms with Crippen LogP contribution in [0.1, 0.15) is 26.3 Å². The summed E-state index contributed by atoms with van der Waals surface area (Å²) in [5, 5.41) is 2.49. The number of guanidine groups is 1. The van der Waals surface area contributed by atoms with Gasteiger partial charge in [0.15, 0.2) is 5.96 Å². The zero-order valence-corrected chi connectivity index (χ0v) is 12.4. The van der Waals surface area contributed by atoms with Crippen LogP contribution < -0.4 is 11.1 Å². The summed E-state index contributed by atoms with van der Waals surface area (Å²) in [5.74, 6) is -0.0553. The maximum absolute atomic E-state index is 12.9. The molecule has 0 fully saturated rings. The minimum absolute atomic E-state index is 0.0553. The number of nitrogens with zero attached hydrogens (tertiary/aromatic N) is 1. The lowest BCUT2D eigenvalue weighted by Gasteiger charge is -2.17. The van der Waals surface area contributed by atoms with E-state index in [1.165, 1.54) is 12.1 Å². The number of nitrogens with one attached hydrogen (secondary N) is 1. The molecule has 1 aromatic carbocycles. The quantitative estimate of drug-likeness (QED) is 0.601. The largest absolute Gasteiger partial charge is 0.418 e. The van der Waals surface area contributed by atoms with Crippen molar-refractivity contribution in [3.8, 4) is 0 Å². The molecule has 0 atom stereocenters. The summed E-state index contributed by atoms with van der Waals surface area (Å²) in [5.41, 5.74) is 4.21. The minimum Gasteiger partial charge on any atom is -0.370 e. The first-order valence-electron chi connectivity index (χ1n) is 5.48. The average molecular weight is 338 g/mol. The van der Waals surface area contributed by atoms with E-state index < -0.39 is 17.3 Å². The van der Waals surface area contributed by atoms with Crippen LogP contribution in [0.25, 0.3) is 0 Å². The van der Waals surface area contributed by atoms with Crippen LogP contribution in [0.2, 0.25) is 0 Å². The maximum atomic E-state index is 12.9. The van der Waals surface area contributed by atoms with Crippen molar-refractivity contribution in [3.05, 3.63) is 28.2 Å². The summed E-state index contributed by atoms with van der Waals surface area (Å²) < 4.78 is 39.0. The van der Waals surface area contributed by atoms with Crippen LogP contribution in [0.4, 0.5) is 18.9 Å². The van der Waals surface area contributed by atoms with Gasteiger partial charge in [-0.2, -0.15) is 13.2 Å². The minimum atomic E-state index is -4.46. The highest BCUT2D eigenvalue weighted by molar-refractivity contribution is 9.10. The predicted molar refractivity (Wildman–Crippen MR) is 74.1 cm³/mol. The molecule has 0 bridgehead atoms. The van der Waals surface area contributed by atoms with E-state index in [4.69, 9.17) is 5.73 Å². The Morgan fingerprint density at radius 1 is 1.26 bits per heavy atom. The highest BCUT2D eigenvalue weighted by atomic mass is 79.9. The van der Waals surface area contributed by atoms with E-state index in [-0.39, 0.29) is 11.6 Å². The Morgan fingerprint density at radius 3 is 2.32 bits per heavy atom. The van der Waals surface area contributed by atoms with Gasteiger partial charge in [0.25, 0.3) is 0 Å². The van der Waals surface area contributed by atoms with Crippen molar-refractivity contribution < 1.29 is 13.2 Å². The summed E-state index contributed by atoms with van der Waals surface area (Å²) >= 11 is 3.01. The van der Waals surface area contributed by atoms with Crippen molar-refractivity contribution in [1.29, 1.82) is 0 Å². The molecule has 0 aromatic heterocycles. The zero-order chi connectivity index (χ0) is 14.8. The van der Waals surface area contributed by atoms with E-state index in [0.29, 0.717) is 4.47 Å². The topological polar surface area (TPSA) is 50.4 Å². The van der Waals surface area contributed by atoms with Crippen molar-refractivity contribution in [2.75, 3.05) is 5.32 Å². The van der Waals surface area contributed by atoms with Gasteiger partial charge in [-0.05, 0) is 39.0 Å². The standard InChI is InChI=1S/C12H15BrF3N3/c1-11(2,3)19-10(17)18-9-5-4-7(13)6-8(9)12(14,15)16/h4-6H,1-3H3,(H3,17,18,19). The van der Waals surface area contributed by atoms with Gasteiger partial charge in [0.05, 0.1) is 16.8 Å². The summed E-state index contributed by atoms with van der Waals surface area (Å²) in [4.78, 5) is 4.05. The third kappa shape index (κ3) is 5.10. The molecule has 0 amide bonds. The summed E-state index contributed by atoms with van der Waals surface area (Å²) in [7, 11) is 0. The van der Waals surface area contributed by atoms with E-state index in [9.17, 15) is 13.2 Å². The third-order valence-electron chi connectivity index (χ3n) is 2.01. The van der Waals surface area contributed by atoms with Gasteiger partial charge >= 0.3 is 6.18 Å². The molecule has 19 heavy (non-hydrogen) atoms. The second-order valence-electron chi connectivity index (χ2n) is 4.98. The monoisotopic (exact) mass is 337 g/mol. The number of benzene rings is 1. The fraction of sp³-hybridized carbons (Fsp3) is 0.417. The fourth-order valence-electron chi connectivity index (χ4n) is 1.39. The molecule has 0 spiro atoms. The van der Waals surface area contributed by atoms with Gasteiger partial charge in [-0.3, -0.25) is 0 Å². The first-order valence-corrected chi connectivity index (χ1v) is 6.27. The van der Waals surface area contributed by atoms with Gasteiger partial charge in [-0.1, -0.05) is 15.9 Å². The molecule has 3 N–H and O–H groups in total. The second kappa shape index (κ2) is 5.40. The van der Waals surface area contributed by atoms with Crippen LogP contribution in [0.5, 0.6) is 0 Å². The molecule has 0 unspecified atom stereocenters. The molecule has 0 saturated carbocycles. The van der Waals surface area contributed by atoms with Crippen LogP contribution in [0, 0.1) is 0 Å². The van der Waals surface area contributed by atoms with E-state index in [1.54, 1.807) is 20.8 Å². The first-order chi connectivity index (χ1) is 8.49. The lowest BCUT2D eigenvalue weighted by Crippen LogP contribution is -2.28. The van der Waals surface area contributed by atoms with E-state index in [1.807, 2.05) is 0 Å². The highest BCUT2D eigenvalue weighted by Gasteiger charge is 2.34. The number of anilines is 1. The Kier molecular flexibility index (Phi) is 4.50. The molecule has 106 valence electrons. The van der Waals surface area contributed by atoms with Crippen LogP contribution in [0.3, 0.4) is 0 Å². The Labute approximate surface area is 118 Å². The SMILES string of the molecule is CC(C)(C)N=C(N)Nc1ccc(Br)cc1C(F)(F)F. The molecule has 0 aliphatic heterocycles. The van der Waals surface area contributed by atoms with Crippen LogP contribution in [0.15, 0.2) is 27.7 Å². The van der Waals surface area contributed by atoms with Gasteiger partial charge in [0.1, 0.15) is 0 Å². The normalized spacial score (nSPS) is 13.5. The fourth-order valence-corrected chi connectivity index (χ4v) is 1.75. The molecule has 0 aliphatic carbocycles. The van der Waals surface area contributed by atoms with Gasteiger partial charge in [-0.15, -0.1) is 0 Å². The number of aliphatic imine (C=N–C) groups is 1. The third-order valence-corrected chi connectivity index (χ3v) is 2.50. The van der Waals surface area contributed by atoms with Crippen LogP contribution in [-0.2, 0) is 6.18 Å². The highest BCUT2D eigenvalue weighted by Crippen LogP contribution is 2.36. The van der Waals surface area contributed by atoms with Gasteiger partial charge in [-0.25, -0.2) is 4.99 Å². The Balaban J connectivity index is 3.12. The molecule has 1 rings (SSSR count). The molecule has 7 heteroatoms. The number of hydrogen-bond acceptors (Lipinski definition) is 1. The molecule has 0 aliphatic rings. The molecule has 0 heterocycles. The van der Waals surface area contributed by atoms with Crippen molar-refractivity contribution in [2.24, 2.45) is 10.7 Å². The Bertz CT molecular complexity index is 490. The Hall–Kier alpha value is -1.24. The van der Waals surface area contributed by atoms with Gasteiger partial charge in [0, 0.05) is 4.47 Å². The van der Waals surface area contributed by atoms with Gasteiger partial charge < -0.3 is 11.1 Å². The summed E-state index contributed by atoms with van der Waals surface area (Å²) in [6, 6.07) is 3.80. The van der Waals surface area contributed by atoms with E-state index in [2.05, 4.69) is 26.2 Å². The molecular formula is C12H15BrF3N3. The lowest BCUT2D eigenvalue weighted by molar-refractivity contribution is -0.136. The van der Waals surface area contributed by atoms with Crippen LogP contribution in [-0.4, -0.2) is 11.5 Å². The second-order valence-corrected chi connectivity index (χ2v) is 5.90. The number of hydrogen-bond donors (Lipinski definition) is 2. The summed E-state index contributed by atoms with van der Waals surface area (Å²) in [6.07, 6.45) is -4.46. The van der Waals surface area contributed by atoms with Gasteiger partial charge in [0.2, 0.25) is 0 Å². The zero-order valence-electron chi connectivity index (χ0n) is 10.8. The number of rotatable bonds is 1.